The molecule has 0 spiro atoms. The Kier molecular flexibility index (Phi) is 3.74. The maximum absolute atomic E-state index is 12.9. The Morgan fingerprint density at radius 3 is 2.95 bits per heavy atom. The van der Waals surface area contributed by atoms with Crippen molar-refractivity contribution in [2.75, 3.05) is 6.54 Å². The van der Waals surface area contributed by atoms with Gasteiger partial charge in [-0.15, -0.1) is 0 Å². The van der Waals surface area contributed by atoms with Gasteiger partial charge in [-0.3, -0.25) is 14.7 Å². The number of nitrogens with zero attached hydrogens (tertiary/aromatic N) is 2. The monoisotopic (exact) mass is 280 g/mol. The minimum atomic E-state index is -2.91. The molecule has 5 nitrogen and oxygen atoms in total. The van der Waals surface area contributed by atoms with Gasteiger partial charge in [0.25, 0.3) is 5.92 Å². The number of halogens is 4. The first kappa shape index (κ1) is 13.8. The standard InChI is InChI=1S/C10H12F4N4O/c11-9(12)18-2-1-15-7(18)4-16-8(19)6-3-10(13,14)5-17-6/h1-2,6,9,17H,3-5H2,(H,16,19). The summed E-state index contributed by atoms with van der Waals surface area (Å²) >= 11 is 0. The first-order valence-electron chi connectivity index (χ1n) is 5.58. The molecule has 1 aromatic heterocycles. The number of nitrogens with one attached hydrogen (secondary N) is 2. The summed E-state index contributed by atoms with van der Waals surface area (Å²) in [4.78, 5) is 15.2. The molecule has 1 saturated heterocycles. The van der Waals surface area contributed by atoms with Gasteiger partial charge in [-0.25, -0.2) is 13.8 Å². The molecule has 1 aliphatic heterocycles. The molecule has 1 amide bonds. The highest BCUT2D eigenvalue weighted by Crippen LogP contribution is 2.25. The van der Waals surface area contributed by atoms with E-state index in [1.54, 1.807) is 0 Å². The van der Waals surface area contributed by atoms with Crippen LogP contribution in [0.4, 0.5) is 17.6 Å². The molecule has 0 aliphatic carbocycles. The highest BCUT2D eigenvalue weighted by atomic mass is 19.3. The Bertz CT molecular complexity index is 462. The lowest BCUT2D eigenvalue weighted by Crippen LogP contribution is -2.40. The predicted molar refractivity (Wildman–Crippen MR) is 56.7 cm³/mol. The summed E-state index contributed by atoms with van der Waals surface area (Å²) in [7, 11) is 0. The number of rotatable bonds is 4. The average Bonchev–Trinajstić information content (AvgIpc) is 2.92. The van der Waals surface area contributed by atoms with E-state index >= 15 is 0 Å². The zero-order valence-electron chi connectivity index (χ0n) is 9.75. The number of amides is 1. The van der Waals surface area contributed by atoms with E-state index < -0.39 is 37.4 Å². The summed E-state index contributed by atoms with van der Waals surface area (Å²) in [6, 6.07) is -1.01. The van der Waals surface area contributed by atoms with Gasteiger partial charge in [-0.05, 0) is 0 Å². The van der Waals surface area contributed by atoms with Gasteiger partial charge < -0.3 is 5.32 Å². The third-order valence-corrected chi connectivity index (χ3v) is 2.81. The third-order valence-electron chi connectivity index (χ3n) is 2.81. The van der Waals surface area contributed by atoms with Crippen molar-refractivity contribution in [1.29, 1.82) is 0 Å². The second kappa shape index (κ2) is 5.16. The number of imidazole rings is 1. The molecule has 106 valence electrons. The van der Waals surface area contributed by atoms with Gasteiger partial charge in [0.15, 0.2) is 0 Å². The third kappa shape index (κ3) is 3.22. The van der Waals surface area contributed by atoms with Crippen LogP contribution >= 0.6 is 0 Å². The predicted octanol–water partition coefficient (Wildman–Crippen LogP) is 0.892. The number of carbonyl (C=O) groups is 1. The van der Waals surface area contributed by atoms with Crippen molar-refractivity contribution in [3.63, 3.8) is 0 Å². The average molecular weight is 280 g/mol. The molecule has 0 bridgehead atoms. The second-order valence-corrected chi connectivity index (χ2v) is 4.24. The molecular formula is C10H12F4N4O. The Hall–Kier alpha value is -1.64. The number of hydrogen-bond donors (Lipinski definition) is 2. The lowest BCUT2D eigenvalue weighted by atomic mass is 10.2. The van der Waals surface area contributed by atoms with E-state index in [-0.39, 0.29) is 12.4 Å². The molecule has 1 atom stereocenters. The summed E-state index contributed by atoms with van der Waals surface area (Å²) < 4.78 is 51.3. The van der Waals surface area contributed by atoms with Crippen molar-refractivity contribution < 1.29 is 22.4 Å². The largest absolute Gasteiger partial charge is 0.348 e. The van der Waals surface area contributed by atoms with Crippen LogP contribution in [0, 0.1) is 0 Å². The summed E-state index contributed by atoms with van der Waals surface area (Å²) in [5, 5.41) is 4.69. The Morgan fingerprint density at radius 1 is 1.63 bits per heavy atom. The van der Waals surface area contributed by atoms with Gasteiger partial charge in [-0.2, -0.15) is 8.78 Å². The van der Waals surface area contributed by atoms with Crippen LogP contribution in [0.15, 0.2) is 12.4 Å². The Balaban J connectivity index is 1.89. The number of hydrogen-bond acceptors (Lipinski definition) is 3. The zero-order chi connectivity index (χ0) is 14.0. The second-order valence-electron chi connectivity index (χ2n) is 4.24. The highest BCUT2D eigenvalue weighted by Gasteiger charge is 2.42. The molecular weight excluding hydrogens is 268 g/mol. The summed E-state index contributed by atoms with van der Waals surface area (Å²) in [6.45, 7) is -3.56. The van der Waals surface area contributed by atoms with Gasteiger partial charge in [0.2, 0.25) is 5.91 Å². The van der Waals surface area contributed by atoms with E-state index in [2.05, 4.69) is 15.6 Å². The van der Waals surface area contributed by atoms with Crippen LogP contribution in [0.2, 0.25) is 0 Å². The summed E-state index contributed by atoms with van der Waals surface area (Å²) in [6.07, 6.45) is 1.66. The van der Waals surface area contributed by atoms with E-state index in [0.717, 1.165) is 6.20 Å². The van der Waals surface area contributed by atoms with Crippen molar-refractivity contribution in [3.8, 4) is 0 Å². The fourth-order valence-electron chi connectivity index (χ4n) is 1.85. The molecule has 0 saturated carbocycles. The lowest BCUT2D eigenvalue weighted by Gasteiger charge is -2.12. The van der Waals surface area contributed by atoms with Crippen molar-refractivity contribution in [2.24, 2.45) is 0 Å². The van der Waals surface area contributed by atoms with Crippen LogP contribution in [-0.4, -0.2) is 34.0 Å². The van der Waals surface area contributed by atoms with Crippen LogP contribution in [0.3, 0.4) is 0 Å². The van der Waals surface area contributed by atoms with E-state index in [9.17, 15) is 22.4 Å². The molecule has 2 heterocycles. The highest BCUT2D eigenvalue weighted by molar-refractivity contribution is 5.82. The zero-order valence-corrected chi connectivity index (χ0v) is 9.75. The van der Waals surface area contributed by atoms with Crippen molar-refractivity contribution in [3.05, 3.63) is 18.2 Å². The quantitative estimate of drug-likeness (QED) is 0.805. The topological polar surface area (TPSA) is 59.0 Å². The van der Waals surface area contributed by atoms with Gasteiger partial charge >= 0.3 is 6.55 Å². The summed E-state index contributed by atoms with van der Waals surface area (Å²) in [5.41, 5.74) is 0. The molecule has 2 N–H and O–H groups in total. The van der Waals surface area contributed by atoms with Crippen molar-refractivity contribution >= 4 is 5.91 Å². The van der Waals surface area contributed by atoms with Crippen LogP contribution in [0.5, 0.6) is 0 Å². The fraction of sp³-hybridized carbons (Fsp3) is 0.600. The molecule has 0 aromatic carbocycles. The van der Waals surface area contributed by atoms with Crippen LogP contribution in [-0.2, 0) is 11.3 Å². The first-order valence-corrected chi connectivity index (χ1v) is 5.58. The maximum Gasteiger partial charge on any atom is 0.319 e. The smallest absolute Gasteiger partial charge is 0.319 e. The molecule has 1 unspecified atom stereocenters. The number of carbonyl (C=O) groups excluding carboxylic acids is 1. The lowest BCUT2D eigenvalue weighted by molar-refractivity contribution is -0.123. The van der Waals surface area contributed by atoms with Gasteiger partial charge in [0.05, 0.1) is 19.1 Å². The minimum Gasteiger partial charge on any atom is -0.348 e. The molecule has 1 fully saturated rings. The van der Waals surface area contributed by atoms with Crippen LogP contribution in [0.25, 0.3) is 0 Å². The van der Waals surface area contributed by atoms with E-state index in [1.165, 1.54) is 6.20 Å². The van der Waals surface area contributed by atoms with Gasteiger partial charge in [0, 0.05) is 18.8 Å². The number of alkyl halides is 4. The van der Waals surface area contributed by atoms with Crippen molar-refractivity contribution in [1.82, 2.24) is 20.2 Å². The number of aromatic nitrogens is 2. The summed E-state index contributed by atoms with van der Waals surface area (Å²) in [5.74, 6) is -3.60. The van der Waals surface area contributed by atoms with Crippen LogP contribution < -0.4 is 10.6 Å². The SMILES string of the molecule is O=C(NCc1nccn1C(F)F)C1CC(F)(F)CN1. The molecule has 19 heavy (non-hydrogen) atoms. The van der Waals surface area contributed by atoms with Crippen LogP contribution in [0.1, 0.15) is 18.8 Å². The van der Waals surface area contributed by atoms with E-state index in [1.807, 2.05) is 0 Å². The van der Waals surface area contributed by atoms with E-state index in [0.29, 0.717) is 4.57 Å². The Labute approximate surface area is 106 Å². The first-order chi connectivity index (χ1) is 8.89. The maximum atomic E-state index is 12.9. The molecule has 9 heteroatoms. The van der Waals surface area contributed by atoms with Crippen molar-refractivity contribution in [2.45, 2.75) is 31.5 Å². The Morgan fingerprint density at radius 2 is 2.37 bits per heavy atom. The molecule has 2 rings (SSSR count). The molecule has 0 radical (unpaired) electrons. The fourth-order valence-corrected chi connectivity index (χ4v) is 1.85. The normalized spacial score (nSPS) is 21.8. The minimum absolute atomic E-state index is 0.0342. The van der Waals surface area contributed by atoms with Gasteiger partial charge in [-0.1, -0.05) is 0 Å². The molecule has 1 aliphatic rings. The molecule has 1 aromatic rings. The van der Waals surface area contributed by atoms with E-state index in [4.69, 9.17) is 0 Å². The van der Waals surface area contributed by atoms with Gasteiger partial charge in [0.1, 0.15) is 5.82 Å².